The largest absolute Gasteiger partial charge is 0.497 e. The second-order valence-corrected chi connectivity index (χ2v) is 6.71. The molecular formula is C20H31N3O3. The van der Waals surface area contributed by atoms with Gasteiger partial charge in [0.2, 0.25) is 11.8 Å². The molecule has 6 nitrogen and oxygen atoms in total. The van der Waals surface area contributed by atoms with Crippen molar-refractivity contribution in [2.45, 2.75) is 32.6 Å². The van der Waals surface area contributed by atoms with Crippen LogP contribution in [0.25, 0.3) is 0 Å². The molecule has 1 aliphatic heterocycles. The number of benzene rings is 1. The maximum Gasteiger partial charge on any atom is 0.234 e. The molecule has 0 spiro atoms. The van der Waals surface area contributed by atoms with E-state index in [9.17, 15) is 9.59 Å². The standard InChI is InChI=1S/C20H31N3O3/c1-3-4-11-21-19(24)16-22-12-14-23(15-13-22)20(25)10-7-17-5-8-18(26-2)9-6-17/h5-6,8-9H,3-4,7,10-16H2,1-2H3,(H,21,24). The van der Waals surface area contributed by atoms with Crippen molar-refractivity contribution in [3.8, 4) is 5.75 Å². The number of methoxy groups -OCH3 is 1. The van der Waals surface area contributed by atoms with Gasteiger partial charge in [-0.05, 0) is 30.5 Å². The van der Waals surface area contributed by atoms with Crippen LogP contribution in [-0.4, -0.2) is 68.0 Å². The summed E-state index contributed by atoms with van der Waals surface area (Å²) < 4.78 is 5.15. The smallest absolute Gasteiger partial charge is 0.234 e. The van der Waals surface area contributed by atoms with E-state index in [1.807, 2.05) is 29.2 Å². The minimum atomic E-state index is 0.0812. The number of nitrogens with one attached hydrogen (secondary N) is 1. The first-order chi connectivity index (χ1) is 12.6. The maximum atomic E-state index is 12.4. The van der Waals surface area contributed by atoms with Gasteiger partial charge in [0, 0.05) is 39.1 Å². The lowest BCUT2D eigenvalue weighted by molar-refractivity contribution is -0.133. The Labute approximate surface area is 156 Å². The number of carbonyl (C=O) groups is 2. The fraction of sp³-hybridized carbons (Fsp3) is 0.600. The summed E-state index contributed by atoms with van der Waals surface area (Å²) in [4.78, 5) is 28.3. The summed E-state index contributed by atoms with van der Waals surface area (Å²) in [5.74, 6) is 1.10. The van der Waals surface area contributed by atoms with Gasteiger partial charge in [0.05, 0.1) is 13.7 Å². The van der Waals surface area contributed by atoms with Crippen LogP contribution in [0.2, 0.25) is 0 Å². The van der Waals surface area contributed by atoms with Gasteiger partial charge in [0.25, 0.3) is 0 Å². The van der Waals surface area contributed by atoms with Gasteiger partial charge in [-0.25, -0.2) is 0 Å². The summed E-state index contributed by atoms with van der Waals surface area (Å²) in [6, 6.07) is 7.84. The third-order valence-electron chi connectivity index (χ3n) is 4.73. The Kier molecular flexibility index (Phi) is 8.41. The fourth-order valence-corrected chi connectivity index (χ4v) is 3.02. The average molecular weight is 361 g/mol. The number of ether oxygens (including phenoxy) is 1. The van der Waals surface area contributed by atoms with Crippen LogP contribution < -0.4 is 10.1 Å². The van der Waals surface area contributed by atoms with E-state index in [-0.39, 0.29) is 11.8 Å². The second-order valence-electron chi connectivity index (χ2n) is 6.71. The Morgan fingerprint density at radius 2 is 1.81 bits per heavy atom. The number of nitrogens with zero attached hydrogens (tertiary/aromatic N) is 2. The molecule has 0 saturated carbocycles. The van der Waals surface area contributed by atoms with Crippen LogP contribution in [0.15, 0.2) is 24.3 Å². The quantitative estimate of drug-likeness (QED) is 0.680. The third kappa shape index (κ3) is 6.67. The van der Waals surface area contributed by atoms with E-state index < -0.39 is 0 Å². The number of rotatable bonds is 9. The summed E-state index contributed by atoms with van der Waals surface area (Å²) in [6.07, 6.45) is 3.35. The van der Waals surface area contributed by atoms with Crippen molar-refractivity contribution >= 4 is 11.8 Å². The molecule has 1 aliphatic rings. The molecule has 0 aliphatic carbocycles. The molecule has 1 saturated heterocycles. The van der Waals surface area contributed by atoms with Crippen LogP contribution in [0.3, 0.4) is 0 Å². The van der Waals surface area contributed by atoms with Crippen molar-refractivity contribution in [1.29, 1.82) is 0 Å². The maximum absolute atomic E-state index is 12.4. The molecule has 1 N–H and O–H groups in total. The van der Waals surface area contributed by atoms with E-state index in [4.69, 9.17) is 4.74 Å². The third-order valence-corrected chi connectivity index (χ3v) is 4.73. The normalized spacial score (nSPS) is 14.9. The van der Waals surface area contributed by atoms with Crippen LogP contribution in [-0.2, 0) is 16.0 Å². The zero-order valence-electron chi connectivity index (χ0n) is 16.0. The molecular weight excluding hydrogens is 330 g/mol. The lowest BCUT2D eigenvalue weighted by Crippen LogP contribution is -2.51. The Morgan fingerprint density at radius 1 is 1.12 bits per heavy atom. The molecule has 1 fully saturated rings. The summed E-state index contributed by atoms with van der Waals surface area (Å²) in [5.41, 5.74) is 1.14. The van der Waals surface area contributed by atoms with Crippen LogP contribution in [0.4, 0.5) is 0 Å². The van der Waals surface area contributed by atoms with Crippen molar-refractivity contribution in [1.82, 2.24) is 15.1 Å². The number of aryl methyl sites for hydroxylation is 1. The highest BCUT2D eigenvalue weighted by Gasteiger charge is 2.22. The first kappa shape index (κ1) is 20.2. The number of amides is 2. The number of unbranched alkanes of at least 4 members (excludes halogenated alkanes) is 1. The summed E-state index contributed by atoms with van der Waals surface area (Å²) in [5, 5.41) is 2.94. The molecule has 1 heterocycles. The highest BCUT2D eigenvalue weighted by molar-refractivity contribution is 5.78. The van der Waals surface area contributed by atoms with E-state index in [1.165, 1.54) is 0 Å². The zero-order chi connectivity index (χ0) is 18.8. The van der Waals surface area contributed by atoms with E-state index in [1.54, 1.807) is 7.11 Å². The number of piperazine rings is 1. The minimum Gasteiger partial charge on any atom is -0.497 e. The highest BCUT2D eigenvalue weighted by atomic mass is 16.5. The van der Waals surface area contributed by atoms with Gasteiger partial charge < -0.3 is 15.0 Å². The van der Waals surface area contributed by atoms with Crippen LogP contribution >= 0.6 is 0 Å². The van der Waals surface area contributed by atoms with Crippen LogP contribution in [0.1, 0.15) is 31.7 Å². The predicted molar refractivity (Wildman–Crippen MR) is 102 cm³/mol. The summed E-state index contributed by atoms with van der Waals surface area (Å²) in [7, 11) is 1.65. The molecule has 1 aromatic carbocycles. The van der Waals surface area contributed by atoms with E-state index in [2.05, 4.69) is 17.1 Å². The van der Waals surface area contributed by atoms with Crippen molar-refractivity contribution in [3.63, 3.8) is 0 Å². The van der Waals surface area contributed by atoms with E-state index in [0.29, 0.717) is 26.1 Å². The van der Waals surface area contributed by atoms with Gasteiger partial charge in [-0.1, -0.05) is 25.5 Å². The van der Waals surface area contributed by atoms with Crippen LogP contribution in [0, 0.1) is 0 Å². The van der Waals surface area contributed by atoms with Crippen molar-refractivity contribution in [2.24, 2.45) is 0 Å². The van der Waals surface area contributed by atoms with Crippen molar-refractivity contribution in [2.75, 3.05) is 46.4 Å². The van der Waals surface area contributed by atoms with Gasteiger partial charge >= 0.3 is 0 Å². The van der Waals surface area contributed by atoms with Gasteiger partial charge in [-0.2, -0.15) is 0 Å². The zero-order valence-corrected chi connectivity index (χ0v) is 16.0. The molecule has 0 bridgehead atoms. The summed E-state index contributed by atoms with van der Waals surface area (Å²) in [6.45, 7) is 6.20. The molecule has 2 rings (SSSR count). The average Bonchev–Trinajstić information content (AvgIpc) is 2.67. The topological polar surface area (TPSA) is 61.9 Å². The number of carbonyl (C=O) groups excluding carboxylic acids is 2. The second kappa shape index (κ2) is 10.8. The molecule has 26 heavy (non-hydrogen) atoms. The van der Waals surface area contributed by atoms with E-state index >= 15 is 0 Å². The van der Waals surface area contributed by atoms with Crippen molar-refractivity contribution < 1.29 is 14.3 Å². The van der Waals surface area contributed by atoms with Gasteiger partial charge in [0.1, 0.15) is 5.75 Å². The van der Waals surface area contributed by atoms with E-state index in [0.717, 1.165) is 50.2 Å². The lowest BCUT2D eigenvalue weighted by atomic mass is 10.1. The first-order valence-corrected chi connectivity index (χ1v) is 9.52. The molecule has 1 aromatic rings. The lowest BCUT2D eigenvalue weighted by Gasteiger charge is -2.34. The molecule has 6 heteroatoms. The molecule has 2 amide bonds. The first-order valence-electron chi connectivity index (χ1n) is 9.52. The Hall–Kier alpha value is -2.08. The SMILES string of the molecule is CCCCNC(=O)CN1CCN(C(=O)CCc2ccc(OC)cc2)CC1. The summed E-state index contributed by atoms with van der Waals surface area (Å²) >= 11 is 0. The van der Waals surface area contributed by atoms with Gasteiger partial charge in [-0.15, -0.1) is 0 Å². The number of hydrogen-bond donors (Lipinski definition) is 1. The van der Waals surface area contributed by atoms with Gasteiger partial charge in [-0.3, -0.25) is 14.5 Å². The van der Waals surface area contributed by atoms with Crippen molar-refractivity contribution in [3.05, 3.63) is 29.8 Å². The predicted octanol–water partition coefficient (Wildman–Crippen LogP) is 1.69. The number of hydrogen-bond acceptors (Lipinski definition) is 4. The highest BCUT2D eigenvalue weighted by Crippen LogP contribution is 2.13. The Morgan fingerprint density at radius 3 is 2.42 bits per heavy atom. The minimum absolute atomic E-state index is 0.0812. The Balaban J connectivity index is 1.66. The van der Waals surface area contributed by atoms with Gasteiger partial charge in [0.15, 0.2) is 0 Å². The van der Waals surface area contributed by atoms with Crippen LogP contribution in [0.5, 0.6) is 5.75 Å². The molecule has 0 atom stereocenters. The Bertz CT molecular complexity index is 566. The molecule has 0 radical (unpaired) electrons. The molecule has 0 unspecified atom stereocenters. The monoisotopic (exact) mass is 361 g/mol. The molecule has 0 aromatic heterocycles. The molecule has 144 valence electrons. The fourth-order valence-electron chi connectivity index (χ4n) is 3.02.